The molecule has 0 aliphatic heterocycles. The second-order valence-electron chi connectivity index (χ2n) is 3.81. The van der Waals surface area contributed by atoms with E-state index in [-0.39, 0.29) is 0 Å². The van der Waals surface area contributed by atoms with Gasteiger partial charge < -0.3 is 9.47 Å². The molecule has 17 heavy (non-hydrogen) atoms. The Morgan fingerprint density at radius 2 is 1.94 bits per heavy atom. The predicted octanol–water partition coefficient (Wildman–Crippen LogP) is 2.62. The van der Waals surface area contributed by atoms with Gasteiger partial charge >= 0.3 is 11.9 Å². The van der Waals surface area contributed by atoms with Gasteiger partial charge in [-0.05, 0) is 20.3 Å². The number of allylic oxidation sites excluding steroid dienone is 1. The molecule has 1 atom stereocenters. The zero-order valence-corrected chi connectivity index (χ0v) is 10.9. The highest BCUT2D eigenvalue weighted by atomic mass is 16.6. The molecule has 0 aliphatic rings. The molecular weight excluding hydrogens is 220 g/mol. The van der Waals surface area contributed by atoms with Crippen LogP contribution in [0.2, 0.25) is 0 Å². The standard InChI is InChI=1S/C13H22O4/c1-4-6-7-8-10-16-13(15)11(3)17-12(14)9-5-2/h5,9,11H,4,6-8,10H2,1-3H3/b9-5+. The number of ether oxygens (including phenoxy) is 2. The van der Waals surface area contributed by atoms with Gasteiger partial charge in [0.05, 0.1) is 6.61 Å². The van der Waals surface area contributed by atoms with Crippen LogP contribution >= 0.6 is 0 Å². The van der Waals surface area contributed by atoms with Gasteiger partial charge in [0.25, 0.3) is 0 Å². The Morgan fingerprint density at radius 3 is 2.53 bits per heavy atom. The third-order valence-electron chi connectivity index (χ3n) is 2.17. The Balaban J connectivity index is 3.71. The largest absolute Gasteiger partial charge is 0.463 e. The van der Waals surface area contributed by atoms with Gasteiger partial charge in [0.15, 0.2) is 6.10 Å². The molecule has 0 saturated heterocycles. The third kappa shape index (κ3) is 8.48. The number of carbonyl (C=O) groups is 2. The van der Waals surface area contributed by atoms with E-state index in [1.165, 1.54) is 13.0 Å². The quantitative estimate of drug-likeness (QED) is 0.373. The molecule has 0 bridgehead atoms. The number of rotatable bonds is 8. The second kappa shape index (κ2) is 9.87. The van der Waals surface area contributed by atoms with Gasteiger partial charge in [-0.3, -0.25) is 0 Å². The maximum atomic E-state index is 11.4. The summed E-state index contributed by atoms with van der Waals surface area (Å²) in [5, 5.41) is 0. The number of unbranched alkanes of at least 4 members (excludes halogenated alkanes) is 3. The summed E-state index contributed by atoms with van der Waals surface area (Å²) in [5.41, 5.74) is 0. The Bertz CT molecular complexity index is 258. The van der Waals surface area contributed by atoms with Gasteiger partial charge in [0.1, 0.15) is 0 Å². The fraction of sp³-hybridized carbons (Fsp3) is 0.692. The molecule has 0 heterocycles. The van der Waals surface area contributed by atoms with Gasteiger partial charge in [-0.2, -0.15) is 0 Å². The molecule has 0 N–H and O–H groups in total. The van der Waals surface area contributed by atoms with E-state index in [2.05, 4.69) is 6.92 Å². The summed E-state index contributed by atoms with van der Waals surface area (Å²) in [6, 6.07) is 0. The molecule has 0 aliphatic carbocycles. The van der Waals surface area contributed by atoms with Crippen molar-refractivity contribution in [2.45, 2.75) is 52.6 Å². The van der Waals surface area contributed by atoms with Gasteiger partial charge in [0, 0.05) is 6.08 Å². The average Bonchev–Trinajstić information content (AvgIpc) is 2.28. The van der Waals surface area contributed by atoms with E-state index in [0.717, 1.165) is 25.7 Å². The molecule has 0 saturated carbocycles. The summed E-state index contributed by atoms with van der Waals surface area (Å²) in [5.74, 6) is -1.01. The summed E-state index contributed by atoms with van der Waals surface area (Å²) in [7, 11) is 0. The van der Waals surface area contributed by atoms with Crippen molar-refractivity contribution in [2.24, 2.45) is 0 Å². The molecule has 0 fully saturated rings. The minimum Gasteiger partial charge on any atom is -0.463 e. The van der Waals surface area contributed by atoms with Crippen molar-refractivity contribution in [2.75, 3.05) is 6.61 Å². The van der Waals surface area contributed by atoms with Crippen molar-refractivity contribution in [3.05, 3.63) is 12.2 Å². The molecule has 0 aromatic rings. The van der Waals surface area contributed by atoms with E-state index >= 15 is 0 Å². The SMILES string of the molecule is C/C=C/C(=O)OC(C)C(=O)OCCCCCC. The van der Waals surface area contributed by atoms with Gasteiger partial charge in [-0.15, -0.1) is 0 Å². The lowest BCUT2D eigenvalue weighted by molar-refractivity contribution is -0.163. The summed E-state index contributed by atoms with van der Waals surface area (Å²) < 4.78 is 9.82. The zero-order valence-electron chi connectivity index (χ0n) is 10.9. The average molecular weight is 242 g/mol. The van der Waals surface area contributed by atoms with Crippen LogP contribution in [0.25, 0.3) is 0 Å². The molecule has 0 radical (unpaired) electrons. The van der Waals surface area contributed by atoms with Crippen molar-refractivity contribution in [3.8, 4) is 0 Å². The van der Waals surface area contributed by atoms with Gasteiger partial charge in [-0.1, -0.05) is 32.3 Å². The third-order valence-corrected chi connectivity index (χ3v) is 2.17. The molecule has 0 aromatic carbocycles. The maximum absolute atomic E-state index is 11.4. The Labute approximate surface area is 103 Å². The fourth-order valence-corrected chi connectivity index (χ4v) is 1.22. The monoisotopic (exact) mass is 242 g/mol. The second-order valence-corrected chi connectivity index (χ2v) is 3.81. The van der Waals surface area contributed by atoms with Gasteiger partial charge in [-0.25, -0.2) is 9.59 Å². The first-order chi connectivity index (χ1) is 8.11. The molecule has 0 spiro atoms. The molecule has 0 rings (SSSR count). The Hall–Kier alpha value is -1.32. The highest BCUT2D eigenvalue weighted by molar-refractivity contribution is 5.85. The normalized spacial score (nSPS) is 12.4. The van der Waals surface area contributed by atoms with Crippen molar-refractivity contribution < 1.29 is 19.1 Å². The lowest BCUT2D eigenvalue weighted by Gasteiger charge is -2.11. The van der Waals surface area contributed by atoms with Crippen LogP contribution in [0.5, 0.6) is 0 Å². The van der Waals surface area contributed by atoms with E-state index in [9.17, 15) is 9.59 Å². The number of esters is 2. The highest BCUT2D eigenvalue weighted by Gasteiger charge is 2.17. The first kappa shape index (κ1) is 15.7. The lowest BCUT2D eigenvalue weighted by Crippen LogP contribution is -2.25. The summed E-state index contributed by atoms with van der Waals surface area (Å²) in [4.78, 5) is 22.4. The van der Waals surface area contributed by atoms with Crippen LogP contribution in [0.4, 0.5) is 0 Å². The Morgan fingerprint density at radius 1 is 1.24 bits per heavy atom. The van der Waals surface area contributed by atoms with Crippen LogP contribution in [0, 0.1) is 0 Å². The van der Waals surface area contributed by atoms with E-state index < -0.39 is 18.0 Å². The molecule has 0 aromatic heterocycles. The van der Waals surface area contributed by atoms with Crippen LogP contribution in [0.1, 0.15) is 46.5 Å². The van der Waals surface area contributed by atoms with Crippen molar-refractivity contribution in [3.63, 3.8) is 0 Å². The van der Waals surface area contributed by atoms with Crippen LogP contribution < -0.4 is 0 Å². The number of hydrogen-bond donors (Lipinski definition) is 0. The molecule has 1 unspecified atom stereocenters. The minimum atomic E-state index is -0.843. The molecular formula is C13H22O4. The van der Waals surface area contributed by atoms with Crippen molar-refractivity contribution in [1.29, 1.82) is 0 Å². The smallest absolute Gasteiger partial charge is 0.347 e. The molecule has 4 heteroatoms. The maximum Gasteiger partial charge on any atom is 0.347 e. The van der Waals surface area contributed by atoms with Crippen LogP contribution in [-0.2, 0) is 19.1 Å². The minimum absolute atomic E-state index is 0.393. The van der Waals surface area contributed by atoms with Crippen molar-refractivity contribution in [1.82, 2.24) is 0 Å². The molecule has 98 valence electrons. The van der Waals surface area contributed by atoms with Crippen LogP contribution in [0.15, 0.2) is 12.2 Å². The summed E-state index contributed by atoms with van der Waals surface area (Å²) >= 11 is 0. The lowest BCUT2D eigenvalue weighted by atomic mass is 10.2. The molecule has 4 nitrogen and oxygen atoms in total. The molecule has 0 amide bonds. The van der Waals surface area contributed by atoms with Gasteiger partial charge in [0.2, 0.25) is 0 Å². The van der Waals surface area contributed by atoms with E-state index in [4.69, 9.17) is 9.47 Å². The first-order valence-corrected chi connectivity index (χ1v) is 6.11. The Kier molecular flexibility index (Phi) is 9.11. The fourth-order valence-electron chi connectivity index (χ4n) is 1.22. The number of hydrogen-bond acceptors (Lipinski definition) is 4. The van der Waals surface area contributed by atoms with Crippen molar-refractivity contribution >= 4 is 11.9 Å². The van der Waals surface area contributed by atoms with Crippen LogP contribution in [-0.4, -0.2) is 24.6 Å². The predicted molar refractivity (Wildman–Crippen MR) is 65.5 cm³/mol. The van der Waals surface area contributed by atoms with E-state index in [1.807, 2.05) is 0 Å². The highest BCUT2D eigenvalue weighted by Crippen LogP contribution is 2.01. The van der Waals surface area contributed by atoms with E-state index in [0.29, 0.717) is 6.61 Å². The summed E-state index contributed by atoms with van der Waals surface area (Å²) in [6.07, 6.45) is 6.18. The van der Waals surface area contributed by atoms with E-state index in [1.54, 1.807) is 13.0 Å². The summed E-state index contributed by atoms with van der Waals surface area (Å²) in [6.45, 7) is 5.73. The van der Waals surface area contributed by atoms with Crippen LogP contribution in [0.3, 0.4) is 0 Å². The topological polar surface area (TPSA) is 52.6 Å². The number of carbonyl (C=O) groups excluding carboxylic acids is 2. The zero-order chi connectivity index (χ0) is 13.1. The first-order valence-electron chi connectivity index (χ1n) is 6.11.